The number of benzene rings is 1. The van der Waals surface area contributed by atoms with E-state index in [4.69, 9.17) is 19.3 Å². The third-order valence-corrected chi connectivity index (χ3v) is 5.96. The second-order valence-electron chi connectivity index (χ2n) is 6.65. The zero-order valence-corrected chi connectivity index (χ0v) is 16.7. The van der Waals surface area contributed by atoms with E-state index in [2.05, 4.69) is 22.1 Å². The van der Waals surface area contributed by atoms with Gasteiger partial charge < -0.3 is 19.1 Å². The van der Waals surface area contributed by atoms with Crippen LogP contribution in [0.25, 0.3) is 15.5 Å². The van der Waals surface area contributed by atoms with Crippen LogP contribution < -0.4 is 14.2 Å². The van der Waals surface area contributed by atoms with Crippen LogP contribution in [0.4, 0.5) is 0 Å². The molecule has 4 rings (SSSR count). The first-order valence-electron chi connectivity index (χ1n) is 8.85. The van der Waals surface area contributed by atoms with Gasteiger partial charge in [-0.3, -0.25) is 0 Å². The maximum absolute atomic E-state index is 5.46. The highest BCUT2D eigenvalue weighted by molar-refractivity contribution is 7.19. The summed E-state index contributed by atoms with van der Waals surface area (Å²) in [7, 11) is 6.97. The fraction of sp³-hybridized carbons (Fsp3) is 0.500. The highest BCUT2D eigenvalue weighted by Gasteiger charge is 2.25. The predicted octanol–water partition coefficient (Wildman–Crippen LogP) is 2.69. The largest absolute Gasteiger partial charge is 0.493 e. The van der Waals surface area contributed by atoms with Crippen molar-refractivity contribution in [2.24, 2.45) is 0 Å². The van der Waals surface area contributed by atoms with Crippen LogP contribution in [0.3, 0.4) is 0 Å². The topological polar surface area (TPSA) is 74.0 Å². The smallest absolute Gasteiger partial charge is 0.234 e. The molecule has 1 fully saturated rings. The summed E-state index contributed by atoms with van der Waals surface area (Å²) in [5, 5.41) is 14.4. The molecule has 0 amide bonds. The van der Waals surface area contributed by atoms with Crippen LogP contribution >= 0.6 is 11.3 Å². The first-order valence-corrected chi connectivity index (χ1v) is 9.67. The van der Waals surface area contributed by atoms with Crippen molar-refractivity contribution in [1.82, 2.24) is 24.7 Å². The molecule has 2 aromatic heterocycles. The van der Waals surface area contributed by atoms with Gasteiger partial charge in [0.15, 0.2) is 17.3 Å². The first-order chi connectivity index (χ1) is 13.1. The summed E-state index contributed by atoms with van der Waals surface area (Å²) in [5.41, 5.74) is 0.898. The lowest BCUT2D eigenvalue weighted by Crippen LogP contribution is -2.30. The van der Waals surface area contributed by atoms with E-state index in [0.717, 1.165) is 47.3 Å². The van der Waals surface area contributed by atoms with Gasteiger partial charge in [-0.1, -0.05) is 11.3 Å². The summed E-state index contributed by atoms with van der Waals surface area (Å²) >= 11 is 1.50. The lowest BCUT2D eigenvalue weighted by atomic mass is 9.96. The molecule has 0 saturated carbocycles. The Morgan fingerprint density at radius 2 is 1.67 bits per heavy atom. The van der Waals surface area contributed by atoms with Crippen molar-refractivity contribution < 1.29 is 14.2 Å². The molecule has 1 saturated heterocycles. The molecule has 0 aliphatic carbocycles. The summed E-state index contributed by atoms with van der Waals surface area (Å²) in [6, 6.07) is 3.81. The number of ether oxygens (including phenoxy) is 3. The lowest BCUT2D eigenvalue weighted by molar-refractivity contribution is 0.250. The molecule has 27 heavy (non-hydrogen) atoms. The highest BCUT2D eigenvalue weighted by atomic mass is 32.1. The fourth-order valence-electron chi connectivity index (χ4n) is 3.47. The molecule has 3 aromatic rings. The molecule has 1 aliphatic rings. The molecule has 0 radical (unpaired) electrons. The van der Waals surface area contributed by atoms with Crippen LogP contribution in [0.15, 0.2) is 12.1 Å². The van der Waals surface area contributed by atoms with Gasteiger partial charge in [0.05, 0.1) is 21.3 Å². The first kappa shape index (κ1) is 18.0. The summed E-state index contributed by atoms with van der Waals surface area (Å²) in [6.07, 6.45) is 2.16. The van der Waals surface area contributed by atoms with Gasteiger partial charge in [-0.05, 0) is 45.1 Å². The molecule has 0 bridgehead atoms. The molecule has 0 spiro atoms. The zero-order chi connectivity index (χ0) is 19.0. The number of hydrogen-bond donors (Lipinski definition) is 0. The number of fused-ring (bicyclic) bond motifs is 1. The summed E-state index contributed by atoms with van der Waals surface area (Å²) < 4.78 is 18.2. The van der Waals surface area contributed by atoms with Gasteiger partial charge in [0, 0.05) is 11.5 Å². The van der Waals surface area contributed by atoms with Crippen molar-refractivity contribution in [3.63, 3.8) is 0 Å². The Hall–Kier alpha value is -2.39. The Kier molecular flexibility index (Phi) is 4.88. The van der Waals surface area contributed by atoms with E-state index in [1.165, 1.54) is 11.3 Å². The Balaban J connectivity index is 1.73. The number of rotatable bonds is 5. The fourth-order valence-corrected chi connectivity index (χ4v) is 4.31. The molecule has 0 N–H and O–H groups in total. The van der Waals surface area contributed by atoms with Gasteiger partial charge in [0.1, 0.15) is 5.01 Å². The molecule has 3 heterocycles. The second kappa shape index (κ2) is 7.32. The number of piperidine rings is 1. The summed E-state index contributed by atoms with van der Waals surface area (Å²) in [6.45, 7) is 2.15. The summed E-state index contributed by atoms with van der Waals surface area (Å²) in [4.78, 5) is 3.14. The molecule has 8 nitrogen and oxygen atoms in total. The summed E-state index contributed by atoms with van der Waals surface area (Å²) in [5.74, 6) is 3.12. The average Bonchev–Trinajstić information content (AvgIpc) is 3.28. The Morgan fingerprint density at radius 3 is 2.26 bits per heavy atom. The molecule has 1 aliphatic heterocycles. The maximum atomic E-state index is 5.46. The van der Waals surface area contributed by atoms with E-state index < -0.39 is 0 Å². The van der Waals surface area contributed by atoms with Crippen molar-refractivity contribution in [1.29, 1.82) is 0 Å². The van der Waals surface area contributed by atoms with E-state index in [1.54, 1.807) is 21.3 Å². The quantitative estimate of drug-likeness (QED) is 0.664. The van der Waals surface area contributed by atoms with Crippen LogP contribution in [0.5, 0.6) is 17.2 Å². The lowest BCUT2D eigenvalue weighted by Gasteiger charge is -2.27. The van der Waals surface area contributed by atoms with Crippen LogP contribution in [0, 0.1) is 0 Å². The van der Waals surface area contributed by atoms with Gasteiger partial charge in [-0.2, -0.15) is 9.61 Å². The molecule has 144 valence electrons. The number of methoxy groups -OCH3 is 3. The van der Waals surface area contributed by atoms with Gasteiger partial charge in [0.2, 0.25) is 10.7 Å². The van der Waals surface area contributed by atoms with Crippen LogP contribution in [-0.4, -0.2) is 66.2 Å². The molecule has 9 heteroatoms. The van der Waals surface area contributed by atoms with Gasteiger partial charge in [-0.25, -0.2) is 0 Å². The van der Waals surface area contributed by atoms with Crippen molar-refractivity contribution in [2.75, 3.05) is 41.5 Å². The number of likely N-dealkylation sites (tertiary alicyclic amines) is 1. The molecule has 1 aromatic carbocycles. The molecular formula is C18H23N5O3S. The predicted molar refractivity (Wildman–Crippen MR) is 103 cm³/mol. The maximum Gasteiger partial charge on any atom is 0.234 e. The normalized spacial score (nSPS) is 16.0. The zero-order valence-electron chi connectivity index (χ0n) is 15.9. The van der Waals surface area contributed by atoms with Crippen molar-refractivity contribution >= 4 is 16.3 Å². The van der Waals surface area contributed by atoms with Crippen LogP contribution in [0.2, 0.25) is 0 Å². The Bertz CT molecular complexity index is 921. The van der Waals surface area contributed by atoms with Crippen LogP contribution in [0.1, 0.15) is 24.6 Å². The van der Waals surface area contributed by atoms with Crippen molar-refractivity contribution in [3.05, 3.63) is 18.0 Å². The van der Waals surface area contributed by atoms with E-state index in [-0.39, 0.29) is 0 Å². The molecule has 0 unspecified atom stereocenters. The van der Waals surface area contributed by atoms with E-state index >= 15 is 0 Å². The molecular weight excluding hydrogens is 366 g/mol. The monoisotopic (exact) mass is 389 g/mol. The van der Waals surface area contributed by atoms with Crippen molar-refractivity contribution in [3.8, 4) is 27.8 Å². The van der Waals surface area contributed by atoms with Crippen LogP contribution in [-0.2, 0) is 0 Å². The standard InChI is InChI=1S/C18H23N5O3S/c1-22-7-5-11(6-8-22)16-19-20-18-23(16)21-17(27-18)12-9-13(24-2)15(26-4)14(10-12)25-3/h9-11H,5-8H2,1-4H3. The number of aromatic nitrogens is 4. The molecule has 0 atom stereocenters. The van der Waals surface area contributed by atoms with E-state index in [9.17, 15) is 0 Å². The SMILES string of the molecule is COc1cc(-c2nn3c(C4CCN(C)CC4)nnc3s2)cc(OC)c1OC. The third kappa shape index (κ3) is 3.21. The third-order valence-electron chi connectivity index (χ3n) is 5.01. The minimum absolute atomic E-state index is 0.395. The Labute approximate surface area is 161 Å². The Morgan fingerprint density at radius 1 is 1.00 bits per heavy atom. The number of nitrogens with zero attached hydrogens (tertiary/aromatic N) is 5. The minimum atomic E-state index is 0.395. The average molecular weight is 389 g/mol. The van der Waals surface area contributed by atoms with Gasteiger partial charge in [-0.15, -0.1) is 10.2 Å². The second-order valence-corrected chi connectivity index (χ2v) is 7.61. The minimum Gasteiger partial charge on any atom is -0.493 e. The number of hydrogen-bond acceptors (Lipinski definition) is 8. The van der Waals surface area contributed by atoms with Gasteiger partial charge >= 0.3 is 0 Å². The van der Waals surface area contributed by atoms with Crippen molar-refractivity contribution in [2.45, 2.75) is 18.8 Å². The van der Waals surface area contributed by atoms with Gasteiger partial charge in [0.25, 0.3) is 0 Å². The van der Waals surface area contributed by atoms with E-state index in [0.29, 0.717) is 23.2 Å². The highest BCUT2D eigenvalue weighted by Crippen LogP contribution is 2.42. The van der Waals surface area contributed by atoms with E-state index in [1.807, 2.05) is 16.6 Å².